The zero-order chi connectivity index (χ0) is 36.6. The number of hydrogen-bond acceptors (Lipinski definition) is 10. The highest BCUT2D eigenvalue weighted by atomic mass is 32.2. The summed E-state index contributed by atoms with van der Waals surface area (Å²) in [6.07, 6.45) is 8.56. The Bertz CT molecular complexity index is 1830. The van der Waals surface area contributed by atoms with E-state index in [1.165, 1.54) is 4.90 Å². The summed E-state index contributed by atoms with van der Waals surface area (Å²) in [6, 6.07) is 3.86. The van der Waals surface area contributed by atoms with E-state index < -0.39 is 62.8 Å². The molecule has 1 aromatic carbocycles. The maximum absolute atomic E-state index is 14.6. The van der Waals surface area contributed by atoms with E-state index in [0.717, 1.165) is 67.0 Å². The quantitative estimate of drug-likeness (QED) is 0.363. The molecule has 5 aliphatic rings. The van der Waals surface area contributed by atoms with Crippen molar-refractivity contribution >= 4 is 44.6 Å². The van der Waals surface area contributed by atoms with Gasteiger partial charge < -0.3 is 29.7 Å². The van der Waals surface area contributed by atoms with Gasteiger partial charge in [0.15, 0.2) is 0 Å². The van der Waals surface area contributed by atoms with Gasteiger partial charge in [-0.2, -0.15) is 0 Å². The summed E-state index contributed by atoms with van der Waals surface area (Å²) in [6.45, 7) is 2.11. The highest BCUT2D eigenvalue weighted by molar-refractivity contribution is 7.91. The Labute approximate surface area is 304 Å². The molecule has 0 radical (unpaired) electrons. The summed E-state index contributed by atoms with van der Waals surface area (Å²) >= 11 is 0. The third-order valence-electron chi connectivity index (χ3n) is 11.5. The van der Waals surface area contributed by atoms with Gasteiger partial charge in [0, 0.05) is 18.0 Å². The minimum atomic E-state index is -3.85. The van der Waals surface area contributed by atoms with Crippen LogP contribution in [0.25, 0.3) is 10.8 Å². The van der Waals surface area contributed by atoms with E-state index in [9.17, 15) is 27.6 Å². The van der Waals surface area contributed by atoms with Crippen LogP contribution in [0.4, 0.5) is 4.79 Å². The summed E-state index contributed by atoms with van der Waals surface area (Å²) in [4.78, 5) is 61.6. The second-order valence-corrected chi connectivity index (χ2v) is 17.0. The number of carbonyl (C=O) groups excluding carboxylic acids is 4. The summed E-state index contributed by atoms with van der Waals surface area (Å²) in [7, 11) is -2.22. The fourth-order valence-electron chi connectivity index (χ4n) is 8.30. The number of rotatable bonds is 8. The third kappa shape index (κ3) is 7.38. The molecule has 7 rings (SSSR count). The Morgan fingerprint density at radius 3 is 2.60 bits per heavy atom. The van der Waals surface area contributed by atoms with Gasteiger partial charge in [0.05, 0.1) is 25.5 Å². The lowest BCUT2D eigenvalue weighted by Gasteiger charge is -2.32. The fourth-order valence-corrected chi connectivity index (χ4v) is 9.67. The second-order valence-electron chi connectivity index (χ2n) is 15.0. The lowest BCUT2D eigenvalue weighted by atomic mass is 9.96. The normalized spacial score (nSPS) is 28.7. The number of aromatic nitrogens is 1. The molecule has 4 fully saturated rings. The number of amides is 4. The van der Waals surface area contributed by atoms with Crippen LogP contribution in [0.2, 0.25) is 0 Å². The maximum atomic E-state index is 14.6. The van der Waals surface area contributed by atoms with Crippen molar-refractivity contribution in [2.75, 3.05) is 20.3 Å². The van der Waals surface area contributed by atoms with Crippen LogP contribution < -0.4 is 24.8 Å². The van der Waals surface area contributed by atoms with Crippen LogP contribution in [0.15, 0.2) is 24.4 Å². The molecule has 5 atom stereocenters. The second kappa shape index (κ2) is 14.7. The van der Waals surface area contributed by atoms with Gasteiger partial charge in [0.25, 0.3) is 5.91 Å². The minimum absolute atomic E-state index is 0.0322. The van der Waals surface area contributed by atoms with Crippen LogP contribution >= 0.6 is 0 Å². The number of carbonyl (C=O) groups is 4. The summed E-state index contributed by atoms with van der Waals surface area (Å²) < 4.78 is 45.5. The van der Waals surface area contributed by atoms with Crippen LogP contribution in [0, 0.1) is 11.8 Å². The molecule has 15 heteroatoms. The molecular weight excluding hydrogens is 691 g/mol. The zero-order valence-electron chi connectivity index (χ0n) is 29.9. The van der Waals surface area contributed by atoms with E-state index in [1.54, 1.807) is 13.3 Å². The molecule has 52 heavy (non-hydrogen) atoms. The molecule has 4 amide bonds. The first-order chi connectivity index (χ1) is 25.0. The first-order valence-corrected chi connectivity index (χ1v) is 20.3. The molecule has 3 saturated carbocycles. The van der Waals surface area contributed by atoms with Gasteiger partial charge in [-0.15, -0.1) is 0 Å². The van der Waals surface area contributed by atoms with Crippen molar-refractivity contribution in [3.05, 3.63) is 30.0 Å². The number of pyridine rings is 1. The molecule has 282 valence electrons. The van der Waals surface area contributed by atoms with Gasteiger partial charge in [-0.1, -0.05) is 26.2 Å². The first kappa shape index (κ1) is 36.2. The number of nitrogens with zero attached hydrogens (tertiary/aromatic N) is 2. The van der Waals surface area contributed by atoms with Gasteiger partial charge in [-0.05, 0) is 98.8 Å². The number of sulfonamides is 1. The summed E-state index contributed by atoms with van der Waals surface area (Å²) in [5.74, 6) is -1.04. The number of fused-ring (bicyclic) bond motifs is 3. The molecular formula is C37H49N5O9S. The van der Waals surface area contributed by atoms with Gasteiger partial charge in [0.1, 0.15) is 29.5 Å². The molecule has 14 nitrogen and oxygen atoms in total. The standard InChI is InChI=1S/C37H49N5O9S/c1-3-25-20-37(25,35(45)41-52(47,48)27-12-13-27)40-32(43)29-19-26-21-42(29)34(44)31(22-9-6-7-10-22)39-36(46)50-16-8-4-5-11-24-17-28-23(18-30(24)49-2)14-15-38-33(28)51-26/h14-15,17-18,22,25-27,29,31H,3-13,16,19-21H2,1-2H3,(H,39,46)(H,40,43)(H,41,45)/t25-,26-,29+,31+,37-/m1/s1. The van der Waals surface area contributed by atoms with E-state index in [4.69, 9.17) is 14.2 Å². The van der Waals surface area contributed by atoms with Gasteiger partial charge in [-0.3, -0.25) is 19.1 Å². The molecule has 3 N–H and O–H groups in total. The molecule has 1 saturated heterocycles. The number of ether oxygens (including phenoxy) is 3. The van der Waals surface area contributed by atoms with Crippen molar-refractivity contribution in [3.8, 4) is 11.6 Å². The van der Waals surface area contributed by atoms with E-state index in [1.807, 2.05) is 25.1 Å². The van der Waals surface area contributed by atoms with E-state index >= 15 is 0 Å². The predicted molar refractivity (Wildman–Crippen MR) is 190 cm³/mol. The van der Waals surface area contributed by atoms with Crippen LogP contribution in [-0.2, 0) is 35.6 Å². The molecule has 3 heterocycles. The third-order valence-corrected chi connectivity index (χ3v) is 13.4. The average molecular weight is 740 g/mol. The number of benzene rings is 1. The first-order valence-electron chi connectivity index (χ1n) is 18.8. The van der Waals surface area contributed by atoms with Gasteiger partial charge in [0.2, 0.25) is 27.7 Å². The number of cyclic esters (lactones) is 1. The van der Waals surface area contributed by atoms with Crippen LogP contribution in [0.1, 0.15) is 89.5 Å². The zero-order valence-corrected chi connectivity index (χ0v) is 30.7. The van der Waals surface area contributed by atoms with Gasteiger partial charge >= 0.3 is 6.09 Å². The van der Waals surface area contributed by atoms with Crippen molar-refractivity contribution < 1.29 is 41.8 Å². The van der Waals surface area contributed by atoms with Crippen molar-refractivity contribution in [1.82, 2.24) is 25.2 Å². The number of nitrogens with one attached hydrogen (secondary N) is 3. The highest BCUT2D eigenvalue weighted by Gasteiger charge is 2.62. The van der Waals surface area contributed by atoms with Crippen LogP contribution in [0.5, 0.6) is 11.6 Å². The van der Waals surface area contributed by atoms with Crippen molar-refractivity contribution in [2.45, 2.75) is 119 Å². The smallest absolute Gasteiger partial charge is 0.407 e. The molecule has 1 aromatic heterocycles. The highest BCUT2D eigenvalue weighted by Crippen LogP contribution is 2.47. The van der Waals surface area contributed by atoms with Crippen molar-refractivity contribution in [1.29, 1.82) is 0 Å². The SMILES string of the molecule is CC[C@@H]1C[C@]1(NC(=O)[C@@H]1C[C@@H]2CN1C(=O)[C@H](C1CCCC1)NC(=O)OCCCCCc1cc3c(nccc3cc1OC)O2)C(=O)NS(=O)(=O)C1CC1. The van der Waals surface area contributed by atoms with Crippen LogP contribution in [0.3, 0.4) is 0 Å². The maximum Gasteiger partial charge on any atom is 0.407 e. The van der Waals surface area contributed by atoms with E-state index in [0.29, 0.717) is 31.6 Å². The van der Waals surface area contributed by atoms with Crippen molar-refractivity contribution in [3.63, 3.8) is 0 Å². The number of aryl methyl sites for hydroxylation is 1. The number of methoxy groups -OCH3 is 1. The molecule has 3 aliphatic carbocycles. The van der Waals surface area contributed by atoms with Gasteiger partial charge in [-0.25, -0.2) is 18.2 Å². The van der Waals surface area contributed by atoms with E-state index in [2.05, 4.69) is 20.3 Å². The largest absolute Gasteiger partial charge is 0.496 e. The predicted octanol–water partition coefficient (Wildman–Crippen LogP) is 3.50. The van der Waals surface area contributed by atoms with Crippen LogP contribution in [-0.4, -0.2) is 91.4 Å². The van der Waals surface area contributed by atoms with E-state index in [-0.39, 0.29) is 37.8 Å². The Morgan fingerprint density at radius 2 is 1.88 bits per heavy atom. The number of hydrogen-bond donors (Lipinski definition) is 3. The molecule has 0 unspecified atom stereocenters. The Kier molecular flexibility index (Phi) is 10.2. The summed E-state index contributed by atoms with van der Waals surface area (Å²) in [5.41, 5.74) is -0.428. The monoisotopic (exact) mass is 739 g/mol. The topological polar surface area (TPSA) is 182 Å². The molecule has 0 spiro atoms. The fraction of sp³-hybridized carbons (Fsp3) is 0.649. The van der Waals surface area contributed by atoms with Crippen molar-refractivity contribution in [2.24, 2.45) is 11.8 Å². The molecule has 4 bridgehead atoms. The molecule has 2 aromatic rings. The summed E-state index contributed by atoms with van der Waals surface area (Å²) in [5, 5.41) is 6.78. The minimum Gasteiger partial charge on any atom is -0.496 e. The lowest BCUT2D eigenvalue weighted by molar-refractivity contribution is -0.142. The lowest BCUT2D eigenvalue weighted by Crippen LogP contribution is -2.59. The average Bonchev–Trinajstić information content (AvgIpc) is 4.00. The molecule has 2 aliphatic heterocycles. The Hall–Kier alpha value is -4.14. The Morgan fingerprint density at radius 1 is 1.10 bits per heavy atom. The Balaban J connectivity index is 1.21. The number of alkyl carbamates (subject to hydrolysis) is 1.